The molecule has 0 radical (unpaired) electrons. The number of nitrogens with two attached hydrogens (primary N) is 1. The molecule has 20 heavy (non-hydrogen) atoms. The predicted octanol–water partition coefficient (Wildman–Crippen LogP) is 3.04. The zero-order chi connectivity index (χ0) is 13.9. The second-order valence-electron chi connectivity index (χ2n) is 4.11. The minimum absolute atomic E-state index is 0.597. The molecule has 0 unspecified atom stereocenters. The highest BCUT2D eigenvalue weighted by atomic mass is 32.1. The van der Waals surface area contributed by atoms with E-state index >= 15 is 0 Å². The van der Waals surface area contributed by atoms with Gasteiger partial charge in [0, 0.05) is 0 Å². The van der Waals surface area contributed by atoms with Crippen molar-refractivity contribution in [3.63, 3.8) is 0 Å². The van der Waals surface area contributed by atoms with Gasteiger partial charge in [0.05, 0.1) is 17.6 Å². The summed E-state index contributed by atoms with van der Waals surface area (Å²) in [7, 11) is 0. The third-order valence-corrected chi connectivity index (χ3v) is 3.70. The predicted molar refractivity (Wildman–Crippen MR) is 81.8 cm³/mol. The Bertz CT molecular complexity index is 741. The summed E-state index contributed by atoms with van der Waals surface area (Å²) in [6.45, 7) is 2.55. The van der Waals surface area contributed by atoms with E-state index in [4.69, 9.17) is 10.6 Å². The van der Waals surface area contributed by atoms with E-state index in [1.807, 2.05) is 42.6 Å². The summed E-state index contributed by atoms with van der Waals surface area (Å²) in [6.07, 6.45) is 0. The number of para-hydroxylation sites is 1. The van der Waals surface area contributed by atoms with Gasteiger partial charge in [-0.05, 0) is 30.5 Å². The standard InChI is InChI=1S/C14H14N4OS/c1-2-19-11-6-4-3-5-9(11)12-16-13(18-15)10-7-8-20-14(10)17-12/h3-8H,2,15H2,1H3,(H,16,17,18). The van der Waals surface area contributed by atoms with Crippen LogP contribution in [0.1, 0.15) is 6.92 Å². The van der Waals surface area contributed by atoms with Crippen LogP contribution in [0.15, 0.2) is 35.7 Å². The molecule has 102 valence electrons. The van der Waals surface area contributed by atoms with Gasteiger partial charge in [-0.15, -0.1) is 11.3 Å². The van der Waals surface area contributed by atoms with Crippen LogP contribution in [0.3, 0.4) is 0 Å². The van der Waals surface area contributed by atoms with Crippen molar-refractivity contribution < 1.29 is 4.74 Å². The van der Waals surface area contributed by atoms with Gasteiger partial charge in [0.25, 0.3) is 0 Å². The molecule has 0 amide bonds. The Kier molecular flexibility index (Phi) is 3.49. The molecule has 0 saturated carbocycles. The fourth-order valence-corrected chi connectivity index (χ4v) is 2.78. The van der Waals surface area contributed by atoms with Crippen LogP contribution in [0.2, 0.25) is 0 Å². The van der Waals surface area contributed by atoms with E-state index in [0.29, 0.717) is 18.2 Å². The van der Waals surface area contributed by atoms with Crippen LogP contribution in [0.25, 0.3) is 21.6 Å². The molecule has 0 aliphatic heterocycles. The maximum absolute atomic E-state index is 5.63. The summed E-state index contributed by atoms with van der Waals surface area (Å²) >= 11 is 1.56. The minimum Gasteiger partial charge on any atom is -0.493 e. The number of hydrogen-bond acceptors (Lipinski definition) is 6. The van der Waals surface area contributed by atoms with Gasteiger partial charge in [-0.1, -0.05) is 12.1 Å². The monoisotopic (exact) mass is 286 g/mol. The Morgan fingerprint density at radius 1 is 1.25 bits per heavy atom. The zero-order valence-corrected chi connectivity index (χ0v) is 11.8. The maximum atomic E-state index is 5.63. The van der Waals surface area contributed by atoms with Crippen molar-refractivity contribution in [2.75, 3.05) is 12.0 Å². The van der Waals surface area contributed by atoms with Crippen LogP contribution in [-0.2, 0) is 0 Å². The van der Waals surface area contributed by atoms with Gasteiger partial charge in [0.2, 0.25) is 0 Å². The Morgan fingerprint density at radius 3 is 2.90 bits per heavy atom. The van der Waals surface area contributed by atoms with E-state index in [1.165, 1.54) is 0 Å². The van der Waals surface area contributed by atoms with Crippen LogP contribution in [0, 0.1) is 0 Å². The second kappa shape index (κ2) is 5.44. The lowest BCUT2D eigenvalue weighted by Gasteiger charge is -2.10. The SMILES string of the molecule is CCOc1ccccc1-c1nc(NN)c2ccsc2n1. The first-order valence-electron chi connectivity index (χ1n) is 6.27. The molecular formula is C14H14N4OS. The molecule has 3 aromatic rings. The molecule has 0 atom stereocenters. The molecule has 0 saturated heterocycles. The van der Waals surface area contributed by atoms with Crippen molar-refractivity contribution in [1.29, 1.82) is 0 Å². The third kappa shape index (κ3) is 2.19. The van der Waals surface area contributed by atoms with E-state index in [-0.39, 0.29) is 0 Å². The molecule has 3 rings (SSSR count). The quantitative estimate of drug-likeness (QED) is 0.569. The second-order valence-corrected chi connectivity index (χ2v) is 5.00. The van der Waals surface area contributed by atoms with Crippen LogP contribution in [-0.4, -0.2) is 16.6 Å². The van der Waals surface area contributed by atoms with E-state index in [0.717, 1.165) is 21.5 Å². The van der Waals surface area contributed by atoms with Crippen molar-refractivity contribution >= 4 is 27.4 Å². The molecule has 0 aliphatic carbocycles. The molecule has 0 spiro atoms. The van der Waals surface area contributed by atoms with E-state index in [1.54, 1.807) is 11.3 Å². The highest BCUT2D eigenvalue weighted by Gasteiger charge is 2.13. The van der Waals surface area contributed by atoms with Gasteiger partial charge in [-0.25, -0.2) is 15.8 Å². The van der Waals surface area contributed by atoms with Crippen molar-refractivity contribution in [3.8, 4) is 17.1 Å². The van der Waals surface area contributed by atoms with Gasteiger partial charge in [-0.2, -0.15) is 0 Å². The lowest BCUT2D eigenvalue weighted by molar-refractivity contribution is 0.341. The zero-order valence-electron chi connectivity index (χ0n) is 11.0. The molecular weight excluding hydrogens is 272 g/mol. The first-order chi connectivity index (χ1) is 9.83. The van der Waals surface area contributed by atoms with E-state index in [9.17, 15) is 0 Å². The summed E-state index contributed by atoms with van der Waals surface area (Å²) < 4.78 is 5.63. The lowest BCUT2D eigenvalue weighted by Crippen LogP contribution is -2.10. The van der Waals surface area contributed by atoms with Gasteiger partial charge >= 0.3 is 0 Å². The molecule has 2 aromatic heterocycles. The first kappa shape index (κ1) is 12.8. The number of fused-ring (bicyclic) bond motifs is 1. The average molecular weight is 286 g/mol. The number of nitrogens with zero attached hydrogens (tertiary/aromatic N) is 2. The van der Waals surface area contributed by atoms with Gasteiger partial charge < -0.3 is 10.2 Å². The van der Waals surface area contributed by atoms with Gasteiger partial charge in [0.1, 0.15) is 10.6 Å². The third-order valence-electron chi connectivity index (χ3n) is 2.89. The Morgan fingerprint density at radius 2 is 2.10 bits per heavy atom. The summed E-state index contributed by atoms with van der Waals surface area (Å²) in [5.41, 5.74) is 3.49. The van der Waals surface area contributed by atoms with Crippen LogP contribution in [0.4, 0.5) is 5.82 Å². The van der Waals surface area contributed by atoms with E-state index in [2.05, 4.69) is 15.4 Å². The van der Waals surface area contributed by atoms with Crippen molar-refractivity contribution in [1.82, 2.24) is 9.97 Å². The molecule has 5 nitrogen and oxygen atoms in total. The minimum atomic E-state index is 0.597. The topological polar surface area (TPSA) is 73.1 Å². The molecule has 2 heterocycles. The number of anilines is 1. The molecule has 6 heteroatoms. The maximum Gasteiger partial charge on any atom is 0.166 e. The van der Waals surface area contributed by atoms with Crippen molar-refractivity contribution in [3.05, 3.63) is 35.7 Å². The average Bonchev–Trinajstić information content (AvgIpc) is 2.95. The van der Waals surface area contributed by atoms with Crippen molar-refractivity contribution in [2.45, 2.75) is 6.92 Å². The number of benzene rings is 1. The Labute approximate surface area is 120 Å². The first-order valence-corrected chi connectivity index (χ1v) is 7.15. The van der Waals surface area contributed by atoms with Crippen molar-refractivity contribution in [2.24, 2.45) is 5.84 Å². The summed E-state index contributed by atoms with van der Waals surface area (Å²) in [5, 5.41) is 2.90. The number of hydrazine groups is 1. The number of thiophene rings is 1. The number of rotatable bonds is 4. The number of aromatic nitrogens is 2. The number of ether oxygens (including phenoxy) is 1. The lowest BCUT2D eigenvalue weighted by atomic mass is 10.2. The van der Waals surface area contributed by atoms with Gasteiger partial charge in [-0.3, -0.25) is 0 Å². The highest BCUT2D eigenvalue weighted by Crippen LogP contribution is 2.32. The molecule has 0 bridgehead atoms. The smallest absolute Gasteiger partial charge is 0.166 e. The van der Waals surface area contributed by atoms with E-state index < -0.39 is 0 Å². The molecule has 0 fully saturated rings. The highest BCUT2D eigenvalue weighted by molar-refractivity contribution is 7.16. The number of nitrogen functional groups attached to an aromatic ring is 1. The van der Waals surface area contributed by atoms with Crippen LogP contribution < -0.4 is 16.0 Å². The van der Waals surface area contributed by atoms with Gasteiger partial charge in [0.15, 0.2) is 11.6 Å². The molecule has 0 aliphatic rings. The summed E-state index contributed by atoms with van der Waals surface area (Å²) in [4.78, 5) is 9.97. The summed E-state index contributed by atoms with van der Waals surface area (Å²) in [5.74, 6) is 7.56. The Hall–Kier alpha value is -2.18. The number of hydrogen-bond donors (Lipinski definition) is 2. The van der Waals surface area contributed by atoms with Crippen LogP contribution >= 0.6 is 11.3 Å². The normalized spacial score (nSPS) is 10.7. The fourth-order valence-electron chi connectivity index (χ4n) is 2.02. The number of nitrogens with one attached hydrogen (secondary N) is 1. The van der Waals surface area contributed by atoms with Crippen LogP contribution in [0.5, 0.6) is 5.75 Å². The largest absolute Gasteiger partial charge is 0.493 e. The summed E-state index contributed by atoms with van der Waals surface area (Å²) in [6, 6.07) is 9.68. The fraction of sp³-hybridized carbons (Fsp3) is 0.143. The Balaban J connectivity index is 2.19. The molecule has 3 N–H and O–H groups in total. The molecule has 1 aromatic carbocycles.